The summed E-state index contributed by atoms with van der Waals surface area (Å²) < 4.78 is 6.24. The summed E-state index contributed by atoms with van der Waals surface area (Å²) in [4.78, 5) is 14.8. The molecule has 1 aromatic carbocycles. The van der Waals surface area contributed by atoms with Crippen LogP contribution in [0.1, 0.15) is 24.8 Å². The van der Waals surface area contributed by atoms with E-state index in [0.29, 0.717) is 0 Å². The molecule has 2 aliphatic rings. The molecule has 3 rings (SSSR count). The first-order chi connectivity index (χ1) is 11.5. The molecule has 0 amide bonds. The molecule has 2 aliphatic carbocycles. The summed E-state index contributed by atoms with van der Waals surface area (Å²) in [5.74, 6) is -0.447. The summed E-state index contributed by atoms with van der Waals surface area (Å²) in [5.41, 5.74) is 0.951. The van der Waals surface area contributed by atoms with Gasteiger partial charge in [0, 0.05) is 36.1 Å². The molecule has 4 nitrogen and oxygen atoms in total. The molecule has 0 aliphatic heterocycles. The highest BCUT2D eigenvalue weighted by Crippen LogP contribution is 2.61. The zero-order chi connectivity index (χ0) is 17.5. The number of esters is 1. The molecule has 4 atom stereocenters. The largest absolute Gasteiger partial charge is 0.465 e. The predicted octanol–water partition coefficient (Wildman–Crippen LogP) is 3.88. The monoisotopic (exact) mass is 388 g/mol. The summed E-state index contributed by atoms with van der Waals surface area (Å²) in [5, 5.41) is 9.99. The second kappa shape index (κ2) is 6.25. The Morgan fingerprint density at radius 3 is 2.79 bits per heavy atom. The normalized spacial score (nSPS) is 30.2. The lowest BCUT2D eigenvalue weighted by molar-refractivity contribution is -0.154. The molecule has 0 aromatic heterocycles. The van der Waals surface area contributed by atoms with E-state index in [9.17, 15) is 10.1 Å². The molecular formula is C19H21BrN2O2. The Hall–Kier alpha value is -1.80. The van der Waals surface area contributed by atoms with E-state index >= 15 is 0 Å². The van der Waals surface area contributed by atoms with Crippen LogP contribution in [0, 0.1) is 28.6 Å². The first-order valence-electron chi connectivity index (χ1n) is 8.19. The van der Waals surface area contributed by atoms with Crippen molar-refractivity contribution in [2.24, 2.45) is 17.3 Å². The van der Waals surface area contributed by atoms with Gasteiger partial charge in [0.2, 0.25) is 0 Å². The number of hydrogen-bond acceptors (Lipinski definition) is 4. The number of allylic oxidation sites excluding steroid dienone is 2. The Bertz CT molecular complexity index is 737. The third kappa shape index (κ3) is 2.36. The molecule has 0 heterocycles. The predicted molar refractivity (Wildman–Crippen MR) is 96.6 cm³/mol. The van der Waals surface area contributed by atoms with Crippen LogP contribution in [-0.2, 0) is 9.53 Å². The van der Waals surface area contributed by atoms with Gasteiger partial charge >= 0.3 is 5.97 Å². The first-order valence-corrected chi connectivity index (χ1v) is 8.98. The minimum atomic E-state index is -1.13. The minimum absolute atomic E-state index is 0.0722. The van der Waals surface area contributed by atoms with E-state index in [1.165, 1.54) is 0 Å². The Morgan fingerprint density at radius 2 is 2.21 bits per heavy atom. The zero-order valence-corrected chi connectivity index (χ0v) is 15.7. The van der Waals surface area contributed by atoms with E-state index in [0.717, 1.165) is 22.1 Å². The van der Waals surface area contributed by atoms with Crippen molar-refractivity contribution in [1.82, 2.24) is 0 Å². The van der Waals surface area contributed by atoms with Gasteiger partial charge in [-0.3, -0.25) is 4.79 Å². The summed E-state index contributed by atoms with van der Waals surface area (Å²) in [6.45, 7) is 2.07. The lowest BCUT2D eigenvalue weighted by atomic mass is 9.66. The third-order valence-corrected chi connectivity index (χ3v) is 5.94. The maximum atomic E-state index is 12.8. The van der Waals surface area contributed by atoms with Gasteiger partial charge < -0.3 is 9.64 Å². The van der Waals surface area contributed by atoms with Crippen LogP contribution in [-0.4, -0.2) is 26.7 Å². The smallest absolute Gasteiger partial charge is 0.327 e. The number of halogens is 1. The van der Waals surface area contributed by atoms with E-state index in [2.05, 4.69) is 28.1 Å². The molecule has 2 bridgehead atoms. The highest BCUT2D eigenvalue weighted by atomic mass is 79.9. The summed E-state index contributed by atoms with van der Waals surface area (Å²) >= 11 is 3.65. The van der Waals surface area contributed by atoms with E-state index in [-0.39, 0.29) is 24.4 Å². The van der Waals surface area contributed by atoms with Crippen LogP contribution in [0.25, 0.3) is 0 Å². The van der Waals surface area contributed by atoms with E-state index < -0.39 is 11.4 Å². The molecule has 1 fully saturated rings. The molecule has 24 heavy (non-hydrogen) atoms. The fourth-order valence-electron chi connectivity index (χ4n) is 4.13. The number of nitriles is 1. The number of carbonyl (C=O) groups excluding carboxylic acids is 1. The molecule has 0 spiro atoms. The van der Waals surface area contributed by atoms with Crippen LogP contribution in [0.15, 0.2) is 34.8 Å². The molecular weight excluding hydrogens is 368 g/mol. The van der Waals surface area contributed by atoms with Crippen molar-refractivity contribution in [2.75, 3.05) is 25.6 Å². The van der Waals surface area contributed by atoms with Gasteiger partial charge in [-0.15, -0.1) is 0 Å². The Kier molecular flexibility index (Phi) is 4.44. The van der Waals surface area contributed by atoms with Crippen LogP contribution in [0.5, 0.6) is 0 Å². The quantitative estimate of drug-likeness (QED) is 0.580. The van der Waals surface area contributed by atoms with Crippen LogP contribution >= 0.6 is 15.9 Å². The molecule has 5 heteroatoms. The second-order valence-electron chi connectivity index (χ2n) is 6.67. The van der Waals surface area contributed by atoms with Crippen molar-refractivity contribution in [2.45, 2.75) is 19.3 Å². The maximum Gasteiger partial charge on any atom is 0.327 e. The standard InChI is InChI=1S/C19H21BrN2O2/c1-4-24-18(23)19(11-21)13-6-5-12(9-13)17(19)15-8-7-14(22(2)3)10-16(15)20/h5-8,10,12-13,17H,4,9H2,1-3H3. The number of hydrogen-bond donors (Lipinski definition) is 0. The Morgan fingerprint density at radius 1 is 1.46 bits per heavy atom. The maximum absolute atomic E-state index is 12.8. The summed E-state index contributed by atoms with van der Waals surface area (Å²) in [6, 6.07) is 8.45. The molecule has 126 valence electrons. The van der Waals surface area contributed by atoms with Crippen LogP contribution < -0.4 is 4.90 Å². The van der Waals surface area contributed by atoms with E-state index in [4.69, 9.17) is 4.74 Å². The molecule has 1 saturated carbocycles. The summed E-state index contributed by atoms with van der Waals surface area (Å²) in [7, 11) is 3.97. The minimum Gasteiger partial charge on any atom is -0.465 e. The molecule has 0 radical (unpaired) electrons. The molecule has 0 N–H and O–H groups in total. The Labute approximate surface area is 151 Å². The number of carbonyl (C=O) groups is 1. The highest BCUT2D eigenvalue weighted by Gasteiger charge is 2.63. The third-order valence-electron chi connectivity index (χ3n) is 5.25. The van der Waals surface area contributed by atoms with Gasteiger partial charge in [-0.1, -0.05) is 34.1 Å². The van der Waals surface area contributed by atoms with Crippen molar-refractivity contribution in [3.8, 4) is 6.07 Å². The van der Waals surface area contributed by atoms with Gasteiger partial charge in [-0.2, -0.15) is 5.26 Å². The highest BCUT2D eigenvalue weighted by molar-refractivity contribution is 9.10. The van der Waals surface area contributed by atoms with Crippen molar-refractivity contribution in [3.05, 3.63) is 40.4 Å². The van der Waals surface area contributed by atoms with Gasteiger partial charge in [-0.25, -0.2) is 0 Å². The number of ether oxygens (including phenoxy) is 1. The number of fused-ring (bicyclic) bond motifs is 2. The fraction of sp³-hybridized carbons (Fsp3) is 0.474. The van der Waals surface area contributed by atoms with Crippen molar-refractivity contribution in [1.29, 1.82) is 5.26 Å². The average molecular weight is 389 g/mol. The lowest BCUT2D eigenvalue weighted by Crippen LogP contribution is -2.41. The fourth-order valence-corrected chi connectivity index (χ4v) is 4.74. The Balaban J connectivity index is 2.10. The van der Waals surface area contributed by atoms with Crippen molar-refractivity contribution >= 4 is 27.6 Å². The van der Waals surface area contributed by atoms with Crippen molar-refractivity contribution < 1.29 is 9.53 Å². The number of anilines is 1. The van der Waals surface area contributed by atoms with Gasteiger partial charge in [0.15, 0.2) is 5.41 Å². The van der Waals surface area contributed by atoms with E-state index in [1.54, 1.807) is 6.92 Å². The average Bonchev–Trinajstić information content (AvgIpc) is 3.14. The first kappa shape index (κ1) is 17.0. The molecule has 4 unspecified atom stereocenters. The molecule has 1 aromatic rings. The van der Waals surface area contributed by atoms with Crippen LogP contribution in [0.2, 0.25) is 0 Å². The van der Waals surface area contributed by atoms with Crippen LogP contribution in [0.3, 0.4) is 0 Å². The summed E-state index contributed by atoms with van der Waals surface area (Å²) in [6.07, 6.45) is 5.00. The lowest BCUT2D eigenvalue weighted by Gasteiger charge is -2.34. The number of benzene rings is 1. The van der Waals surface area contributed by atoms with Gasteiger partial charge in [0.05, 0.1) is 12.7 Å². The van der Waals surface area contributed by atoms with Gasteiger partial charge in [0.1, 0.15) is 0 Å². The van der Waals surface area contributed by atoms with Gasteiger partial charge in [-0.05, 0) is 37.0 Å². The zero-order valence-electron chi connectivity index (χ0n) is 14.1. The molecule has 0 saturated heterocycles. The van der Waals surface area contributed by atoms with E-state index in [1.807, 2.05) is 43.3 Å². The SMILES string of the molecule is CCOC(=O)C1(C#N)C2C=CC(C2)C1c1ccc(N(C)C)cc1Br. The van der Waals surface area contributed by atoms with Crippen molar-refractivity contribution in [3.63, 3.8) is 0 Å². The topological polar surface area (TPSA) is 53.3 Å². The second-order valence-corrected chi connectivity index (χ2v) is 7.52. The number of nitrogens with zero attached hydrogens (tertiary/aromatic N) is 2. The van der Waals surface area contributed by atoms with Crippen LogP contribution in [0.4, 0.5) is 5.69 Å². The van der Waals surface area contributed by atoms with Gasteiger partial charge in [0.25, 0.3) is 0 Å². The number of rotatable bonds is 4.